The molecule has 3 rings (SSSR count). The van der Waals surface area contributed by atoms with Gasteiger partial charge in [0.05, 0.1) is 11.5 Å². The molecular weight excluding hydrogens is 341 g/mol. The van der Waals surface area contributed by atoms with E-state index < -0.39 is 27.6 Å². The van der Waals surface area contributed by atoms with Crippen LogP contribution in [-0.4, -0.2) is 41.4 Å². The maximum absolute atomic E-state index is 13.1. The highest BCUT2D eigenvalue weighted by molar-refractivity contribution is 7.91. The fourth-order valence-corrected chi connectivity index (χ4v) is 4.49. The molecule has 122 valence electrons. The fraction of sp³-hybridized carbons (Fsp3) is 0.286. The van der Waals surface area contributed by atoms with Crippen molar-refractivity contribution in [3.63, 3.8) is 0 Å². The molecule has 6 nitrogen and oxygen atoms in total. The number of rotatable bonds is 3. The van der Waals surface area contributed by atoms with Crippen LogP contribution in [0.2, 0.25) is 0 Å². The van der Waals surface area contributed by atoms with Gasteiger partial charge in [0.15, 0.2) is 14.6 Å². The Bertz CT molecular complexity index is 900. The van der Waals surface area contributed by atoms with Crippen molar-refractivity contribution in [2.45, 2.75) is 12.5 Å². The third-order valence-corrected chi connectivity index (χ3v) is 5.73. The van der Waals surface area contributed by atoms with Crippen molar-refractivity contribution in [2.24, 2.45) is 0 Å². The highest BCUT2D eigenvalue weighted by Gasteiger charge is 2.29. The Morgan fingerprint density at radius 3 is 2.65 bits per heavy atom. The van der Waals surface area contributed by atoms with Crippen LogP contribution in [0.5, 0.6) is 0 Å². The molecule has 0 radical (unpaired) electrons. The molecule has 1 unspecified atom stereocenters. The molecule has 1 aliphatic heterocycles. The fourth-order valence-electron chi connectivity index (χ4n) is 2.55. The number of aromatic nitrogens is 2. The van der Waals surface area contributed by atoms with E-state index >= 15 is 0 Å². The number of halogens is 1. The van der Waals surface area contributed by atoms with Crippen LogP contribution in [0.1, 0.15) is 16.9 Å². The molecule has 1 aliphatic rings. The standard InChI is InChI=1S/C14H14FN3O3S2/c15-9-1-3-11(4-2-9)18-12(7-16-14(18)22)13(19)17-10-5-6-23(20,21)8-10/h1-4,7,10H,5-6,8H2,(H,16,22)(H,17,19). The van der Waals surface area contributed by atoms with Gasteiger partial charge in [0.1, 0.15) is 11.5 Å². The number of imidazole rings is 1. The predicted molar refractivity (Wildman–Crippen MR) is 85.4 cm³/mol. The van der Waals surface area contributed by atoms with Crippen molar-refractivity contribution in [1.29, 1.82) is 0 Å². The van der Waals surface area contributed by atoms with Crippen LogP contribution < -0.4 is 5.32 Å². The van der Waals surface area contributed by atoms with Crippen LogP contribution in [-0.2, 0) is 9.84 Å². The number of H-pyrrole nitrogens is 1. The maximum atomic E-state index is 13.1. The van der Waals surface area contributed by atoms with E-state index in [0.717, 1.165) is 0 Å². The Hall–Kier alpha value is -2.00. The third kappa shape index (κ3) is 3.35. The summed E-state index contributed by atoms with van der Waals surface area (Å²) in [5, 5.41) is 2.71. The smallest absolute Gasteiger partial charge is 0.270 e. The van der Waals surface area contributed by atoms with E-state index in [9.17, 15) is 17.6 Å². The van der Waals surface area contributed by atoms with E-state index in [0.29, 0.717) is 16.9 Å². The number of carbonyl (C=O) groups is 1. The molecule has 1 aromatic carbocycles. The van der Waals surface area contributed by atoms with E-state index in [1.807, 2.05) is 0 Å². The monoisotopic (exact) mass is 355 g/mol. The quantitative estimate of drug-likeness (QED) is 0.819. The van der Waals surface area contributed by atoms with Crippen molar-refractivity contribution in [3.05, 3.63) is 46.7 Å². The highest BCUT2D eigenvalue weighted by Crippen LogP contribution is 2.16. The lowest BCUT2D eigenvalue weighted by Crippen LogP contribution is -2.36. The Morgan fingerprint density at radius 1 is 1.35 bits per heavy atom. The molecule has 9 heteroatoms. The Labute approximate surface area is 137 Å². The van der Waals surface area contributed by atoms with Crippen LogP contribution in [0.3, 0.4) is 0 Å². The Morgan fingerprint density at radius 2 is 2.04 bits per heavy atom. The zero-order chi connectivity index (χ0) is 16.6. The van der Waals surface area contributed by atoms with Gasteiger partial charge < -0.3 is 10.3 Å². The first-order valence-electron chi connectivity index (χ1n) is 6.93. The van der Waals surface area contributed by atoms with Crippen molar-refractivity contribution in [2.75, 3.05) is 11.5 Å². The van der Waals surface area contributed by atoms with Gasteiger partial charge in [-0.05, 0) is 42.9 Å². The SMILES string of the molecule is O=C(NC1CCS(=O)(=O)C1)c1c[nH]c(=S)n1-c1ccc(F)cc1. The van der Waals surface area contributed by atoms with Gasteiger partial charge in [-0.15, -0.1) is 0 Å². The van der Waals surface area contributed by atoms with Crippen LogP contribution >= 0.6 is 12.2 Å². The van der Waals surface area contributed by atoms with Crippen LogP contribution in [0.15, 0.2) is 30.5 Å². The second-order valence-electron chi connectivity index (χ2n) is 5.36. The van der Waals surface area contributed by atoms with Gasteiger partial charge in [0.2, 0.25) is 0 Å². The van der Waals surface area contributed by atoms with Gasteiger partial charge >= 0.3 is 0 Å². The molecule has 2 heterocycles. The first kappa shape index (κ1) is 15.9. The minimum Gasteiger partial charge on any atom is -0.347 e. The third-order valence-electron chi connectivity index (χ3n) is 3.66. The molecular formula is C14H14FN3O3S2. The summed E-state index contributed by atoms with van der Waals surface area (Å²) in [6.45, 7) is 0. The number of nitrogens with zero attached hydrogens (tertiary/aromatic N) is 1. The lowest BCUT2D eigenvalue weighted by atomic mass is 10.2. The van der Waals surface area contributed by atoms with Crippen molar-refractivity contribution in [1.82, 2.24) is 14.9 Å². The minimum atomic E-state index is -3.08. The first-order valence-corrected chi connectivity index (χ1v) is 9.16. The number of sulfone groups is 1. The number of hydrogen-bond donors (Lipinski definition) is 2. The number of benzene rings is 1. The lowest BCUT2D eigenvalue weighted by molar-refractivity contribution is 0.0934. The lowest BCUT2D eigenvalue weighted by Gasteiger charge is -2.12. The molecule has 1 aromatic heterocycles. The number of carbonyl (C=O) groups excluding carboxylic acids is 1. The summed E-state index contributed by atoms with van der Waals surface area (Å²) in [5.74, 6) is -0.794. The van der Waals surface area contributed by atoms with Crippen LogP contribution in [0.4, 0.5) is 4.39 Å². The van der Waals surface area contributed by atoms with Gasteiger partial charge in [0.25, 0.3) is 5.91 Å². The number of amides is 1. The second-order valence-corrected chi connectivity index (χ2v) is 7.98. The van der Waals surface area contributed by atoms with E-state index in [-0.39, 0.29) is 17.2 Å². The van der Waals surface area contributed by atoms with Gasteiger partial charge in [-0.2, -0.15) is 0 Å². The molecule has 1 saturated heterocycles. The number of nitrogens with one attached hydrogen (secondary N) is 2. The largest absolute Gasteiger partial charge is 0.347 e. The minimum absolute atomic E-state index is 0.0551. The Kier molecular flexibility index (Phi) is 4.07. The summed E-state index contributed by atoms with van der Waals surface area (Å²) in [6, 6.07) is 5.16. The van der Waals surface area contributed by atoms with Gasteiger partial charge in [0, 0.05) is 17.9 Å². The average Bonchev–Trinajstić information content (AvgIpc) is 3.02. The van der Waals surface area contributed by atoms with Crippen molar-refractivity contribution in [3.8, 4) is 5.69 Å². The normalized spacial score (nSPS) is 19.6. The molecule has 1 atom stereocenters. The first-order chi connectivity index (χ1) is 10.9. The summed E-state index contributed by atoms with van der Waals surface area (Å²) in [4.78, 5) is 15.2. The van der Waals surface area contributed by atoms with E-state index in [1.165, 1.54) is 35.0 Å². The second kappa shape index (κ2) is 5.89. The molecule has 0 saturated carbocycles. The van der Waals surface area contributed by atoms with Gasteiger partial charge in [-0.1, -0.05) is 0 Å². The molecule has 1 fully saturated rings. The topological polar surface area (TPSA) is 84.0 Å². The zero-order valence-corrected chi connectivity index (χ0v) is 13.6. The summed E-state index contributed by atoms with van der Waals surface area (Å²) in [7, 11) is -3.08. The summed E-state index contributed by atoms with van der Waals surface area (Å²) in [5.41, 5.74) is 0.785. The average molecular weight is 355 g/mol. The molecule has 1 amide bonds. The van der Waals surface area contributed by atoms with Crippen molar-refractivity contribution < 1.29 is 17.6 Å². The van der Waals surface area contributed by atoms with E-state index in [4.69, 9.17) is 12.2 Å². The van der Waals surface area contributed by atoms with Gasteiger partial charge in [-0.3, -0.25) is 9.36 Å². The van der Waals surface area contributed by atoms with Crippen molar-refractivity contribution >= 4 is 28.0 Å². The number of hydrogen-bond acceptors (Lipinski definition) is 4. The van der Waals surface area contributed by atoms with E-state index in [2.05, 4.69) is 10.3 Å². The Balaban J connectivity index is 1.88. The van der Waals surface area contributed by atoms with Gasteiger partial charge in [-0.25, -0.2) is 12.8 Å². The van der Waals surface area contributed by atoms with Crippen LogP contribution in [0, 0.1) is 10.6 Å². The molecule has 23 heavy (non-hydrogen) atoms. The maximum Gasteiger partial charge on any atom is 0.270 e. The molecule has 2 N–H and O–H groups in total. The number of aromatic amines is 1. The van der Waals surface area contributed by atoms with Crippen LogP contribution in [0.25, 0.3) is 5.69 Å². The molecule has 0 bridgehead atoms. The predicted octanol–water partition coefficient (Wildman–Crippen LogP) is 1.59. The molecule has 0 aliphatic carbocycles. The summed E-state index contributed by atoms with van der Waals surface area (Å²) in [6.07, 6.45) is 1.85. The zero-order valence-electron chi connectivity index (χ0n) is 12.0. The molecule has 2 aromatic rings. The summed E-state index contributed by atoms with van der Waals surface area (Å²) >= 11 is 5.16. The summed E-state index contributed by atoms with van der Waals surface area (Å²) < 4.78 is 37.8. The molecule has 0 spiro atoms. The van der Waals surface area contributed by atoms with E-state index in [1.54, 1.807) is 0 Å². The highest BCUT2D eigenvalue weighted by atomic mass is 32.2.